The average molecular weight is 492 g/mol. The van der Waals surface area contributed by atoms with Gasteiger partial charge in [-0.15, -0.1) is 0 Å². The molecule has 1 aromatic carbocycles. The van der Waals surface area contributed by atoms with Crippen molar-refractivity contribution in [3.63, 3.8) is 0 Å². The van der Waals surface area contributed by atoms with Gasteiger partial charge in [-0.1, -0.05) is 44.7 Å². The number of carbonyl (C=O) groups is 1. The van der Waals surface area contributed by atoms with Gasteiger partial charge in [0.15, 0.2) is 5.60 Å². The molecule has 3 aromatic rings. The van der Waals surface area contributed by atoms with Crippen molar-refractivity contribution in [2.24, 2.45) is 5.73 Å². The van der Waals surface area contributed by atoms with Crippen LogP contribution >= 0.6 is 0 Å². The van der Waals surface area contributed by atoms with Gasteiger partial charge in [0.05, 0.1) is 29.0 Å². The third-order valence-corrected chi connectivity index (χ3v) is 9.19. The number of pyridine rings is 2. The second kappa shape index (κ2) is 8.11. The third-order valence-electron chi connectivity index (χ3n) is 7.44. The number of hydrogen-bond donors (Lipinski definition) is 2. The Hall–Kier alpha value is -2.81. The summed E-state index contributed by atoms with van der Waals surface area (Å²) in [4.78, 5) is 31.0. The minimum absolute atomic E-state index is 0.116. The van der Waals surface area contributed by atoms with Crippen molar-refractivity contribution in [1.29, 1.82) is 0 Å². The van der Waals surface area contributed by atoms with E-state index in [4.69, 9.17) is 15.5 Å². The monoisotopic (exact) mass is 491 g/mol. The Morgan fingerprint density at radius 3 is 2.66 bits per heavy atom. The molecule has 4 heterocycles. The number of cyclic esters (lactones) is 1. The molecule has 0 spiro atoms. The number of aliphatic hydroxyl groups is 1. The van der Waals surface area contributed by atoms with Crippen LogP contribution in [0.4, 0.5) is 0 Å². The molecule has 2 aliphatic rings. The molecular formula is C27H33N3O4Si. The zero-order chi connectivity index (χ0) is 25.3. The lowest BCUT2D eigenvalue weighted by molar-refractivity contribution is -0.172. The summed E-state index contributed by atoms with van der Waals surface area (Å²) in [6.07, 6.45) is 1.09. The average Bonchev–Trinajstić information content (AvgIpc) is 3.16. The fourth-order valence-corrected chi connectivity index (χ4v) is 6.48. The van der Waals surface area contributed by atoms with Gasteiger partial charge >= 0.3 is 5.97 Å². The second-order valence-corrected chi connectivity index (χ2v) is 16.7. The normalized spacial score (nSPS) is 19.8. The predicted octanol–water partition coefficient (Wildman–Crippen LogP) is 3.98. The standard InChI is InChI=1S/C27H33N3O4Si/c1-6-27(33)19-12-21-24-17(13-30(21)25(31)18(19)14-34-26(27)32)22(15(2)28)23-16(10-11-35(3,4)5)8-7-9-20(23)29-24/h7-9,12,15,33H,6,10-11,13-14,28H2,1-5H3/t15-,27-/m0/s1. The highest BCUT2D eigenvalue weighted by atomic mass is 28.3. The molecular weight excluding hydrogens is 458 g/mol. The van der Waals surface area contributed by atoms with E-state index >= 15 is 0 Å². The predicted molar refractivity (Wildman–Crippen MR) is 139 cm³/mol. The van der Waals surface area contributed by atoms with E-state index in [1.807, 2.05) is 19.1 Å². The van der Waals surface area contributed by atoms with Crippen molar-refractivity contribution in [3.8, 4) is 11.4 Å². The lowest BCUT2D eigenvalue weighted by atomic mass is 9.86. The molecule has 0 bridgehead atoms. The largest absolute Gasteiger partial charge is 0.458 e. The van der Waals surface area contributed by atoms with E-state index in [0.29, 0.717) is 29.1 Å². The molecule has 0 unspecified atom stereocenters. The van der Waals surface area contributed by atoms with E-state index < -0.39 is 19.6 Å². The summed E-state index contributed by atoms with van der Waals surface area (Å²) in [6.45, 7) is 11.0. The molecule has 5 rings (SSSR count). The molecule has 0 aliphatic carbocycles. The molecule has 0 saturated heterocycles. The summed E-state index contributed by atoms with van der Waals surface area (Å²) in [5.74, 6) is -0.718. The lowest BCUT2D eigenvalue weighted by Crippen LogP contribution is -2.44. The molecule has 35 heavy (non-hydrogen) atoms. The highest BCUT2D eigenvalue weighted by molar-refractivity contribution is 6.76. The molecule has 0 amide bonds. The Morgan fingerprint density at radius 1 is 1.26 bits per heavy atom. The van der Waals surface area contributed by atoms with Crippen LogP contribution in [-0.2, 0) is 34.7 Å². The Morgan fingerprint density at radius 2 is 2.00 bits per heavy atom. The van der Waals surface area contributed by atoms with Crippen molar-refractivity contribution in [3.05, 3.63) is 62.4 Å². The number of benzene rings is 1. The van der Waals surface area contributed by atoms with Gasteiger partial charge in [0.25, 0.3) is 5.56 Å². The summed E-state index contributed by atoms with van der Waals surface area (Å²) in [7, 11) is -1.25. The van der Waals surface area contributed by atoms with E-state index in [9.17, 15) is 14.7 Å². The fourth-order valence-electron chi connectivity index (χ4n) is 5.46. The summed E-state index contributed by atoms with van der Waals surface area (Å²) >= 11 is 0. The summed E-state index contributed by atoms with van der Waals surface area (Å²) < 4.78 is 6.87. The van der Waals surface area contributed by atoms with E-state index in [0.717, 1.165) is 34.5 Å². The molecule has 2 atom stereocenters. The highest BCUT2D eigenvalue weighted by Gasteiger charge is 2.45. The second-order valence-electron chi connectivity index (χ2n) is 11.1. The number of carbonyl (C=O) groups excluding carboxylic acids is 1. The zero-order valence-electron chi connectivity index (χ0n) is 21.1. The molecule has 2 aromatic heterocycles. The van der Waals surface area contributed by atoms with Crippen molar-refractivity contribution in [2.45, 2.75) is 77.2 Å². The van der Waals surface area contributed by atoms with Crippen LogP contribution in [0, 0.1) is 0 Å². The summed E-state index contributed by atoms with van der Waals surface area (Å²) in [5.41, 5.74) is 10.5. The summed E-state index contributed by atoms with van der Waals surface area (Å²) in [5, 5.41) is 12.2. The van der Waals surface area contributed by atoms with E-state index in [-0.39, 0.29) is 24.6 Å². The minimum Gasteiger partial charge on any atom is -0.458 e. The molecule has 8 heteroatoms. The van der Waals surface area contributed by atoms with E-state index in [1.54, 1.807) is 17.6 Å². The van der Waals surface area contributed by atoms with Crippen molar-refractivity contribution in [1.82, 2.24) is 9.55 Å². The van der Waals surface area contributed by atoms with Gasteiger partial charge in [0.1, 0.15) is 6.61 Å². The van der Waals surface area contributed by atoms with E-state index in [1.165, 1.54) is 5.56 Å². The number of aromatic nitrogens is 2. The van der Waals surface area contributed by atoms with Crippen LogP contribution in [-0.4, -0.2) is 28.7 Å². The fraction of sp³-hybridized carbons (Fsp3) is 0.444. The first-order valence-corrected chi connectivity index (χ1v) is 16.0. The van der Waals surface area contributed by atoms with Crippen LogP contribution in [0.5, 0.6) is 0 Å². The first kappa shape index (κ1) is 23.9. The van der Waals surface area contributed by atoms with Gasteiger partial charge < -0.3 is 20.1 Å². The van der Waals surface area contributed by atoms with Crippen LogP contribution in [0.2, 0.25) is 25.7 Å². The smallest absolute Gasteiger partial charge is 0.343 e. The van der Waals surface area contributed by atoms with Gasteiger partial charge in [-0.05, 0) is 43.0 Å². The number of nitrogens with two attached hydrogens (primary N) is 1. The van der Waals surface area contributed by atoms with Crippen molar-refractivity contribution >= 4 is 24.9 Å². The minimum atomic E-state index is -1.84. The third kappa shape index (κ3) is 3.66. The van der Waals surface area contributed by atoms with Crippen LogP contribution in [0.25, 0.3) is 22.3 Å². The first-order chi connectivity index (χ1) is 16.5. The van der Waals surface area contributed by atoms with Crippen LogP contribution in [0.15, 0.2) is 29.1 Å². The number of aryl methyl sites for hydroxylation is 1. The van der Waals surface area contributed by atoms with Crippen molar-refractivity contribution < 1.29 is 14.6 Å². The van der Waals surface area contributed by atoms with E-state index in [2.05, 4.69) is 25.7 Å². The topological polar surface area (TPSA) is 107 Å². The Bertz CT molecular complexity index is 1440. The maximum absolute atomic E-state index is 13.5. The maximum atomic E-state index is 13.5. The Kier molecular flexibility index (Phi) is 5.54. The first-order valence-electron chi connectivity index (χ1n) is 12.3. The molecule has 0 saturated carbocycles. The van der Waals surface area contributed by atoms with Gasteiger partial charge in [-0.2, -0.15) is 0 Å². The molecule has 3 N–H and O–H groups in total. The Balaban J connectivity index is 1.77. The number of esters is 1. The van der Waals surface area contributed by atoms with Gasteiger partial charge in [0, 0.05) is 30.6 Å². The van der Waals surface area contributed by atoms with Gasteiger partial charge in [-0.3, -0.25) is 4.79 Å². The number of nitrogens with zero attached hydrogens (tertiary/aromatic N) is 2. The maximum Gasteiger partial charge on any atom is 0.343 e. The molecule has 7 nitrogen and oxygen atoms in total. The SMILES string of the molecule is CC[C@@]1(O)C(=O)OCc2c1cc1n(c2=O)Cc2c-1nc1cccc(CC[Si](C)(C)C)c1c2[C@H](C)N. The zero-order valence-corrected chi connectivity index (χ0v) is 22.1. The molecule has 184 valence electrons. The number of ether oxygens (including phenoxy) is 1. The number of rotatable bonds is 5. The van der Waals surface area contributed by atoms with Crippen LogP contribution in [0.1, 0.15) is 54.1 Å². The number of hydrogen-bond acceptors (Lipinski definition) is 6. The highest BCUT2D eigenvalue weighted by Crippen LogP contribution is 2.42. The van der Waals surface area contributed by atoms with Gasteiger partial charge in [-0.25, -0.2) is 9.78 Å². The van der Waals surface area contributed by atoms with Crippen LogP contribution < -0.4 is 11.3 Å². The number of fused-ring (bicyclic) bond motifs is 5. The molecule has 2 aliphatic heterocycles. The van der Waals surface area contributed by atoms with Gasteiger partial charge in [0.2, 0.25) is 0 Å². The lowest BCUT2D eigenvalue weighted by Gasteiger charge is -2.31. The molecule has 0 fully saturated rings. The quantitative estimate of drug-likeness (QED) is 0.323. The molecule has 0 radical (unpaired) electrons. The Labute approximate surface area is 206 Å². The van der Waals surface area contributed by atoms with Crippen molar-refractivity contribution in [2.75, 3.05) is 0 Å². The van der Waals surface area contributed by atoms with Crippen LogP contribution in [0.3, 0.4) is 0 Å². The summed E-state index contributed by atoms with van der Waals surface area (Å²) in [6, 6.07) is 8.87.